The second-order valence-electron chi connectivity index (χ2n) is 4.49. The van der Waals surface area contributed by atoms with Crippen molar-refractivity contribution in [1.82, 2.24) is 0 Å². The van der Waals surface area contributed by atoms with Gasteiger partial charge in [0.2, 0.25) is 0 Å². The summed E-state index contributed by atoms with van der Waals surface area (Å²) >= 11 is 6.16. The van der Waals surface area contributed by atoms with Crippen molar-refractivity contribution in [1.29, 1.82) is 5.26 Å². The van der Waals surface area contributed by atoms with Crippen molar-refractivity contribution in [2.75, 3.05) is 18.0 Å². The number of benzene rings is 1. The summed E-state index contributed by atoms with van der Waals surface area (Å²) in [4.78, 5) is 13.9. The molecule has 1 aromatic carbocycles. The fraction of sp³-hybridized carbons (Fsp3) is 0.333. The molecule has 4 nitrogen and oxygen atoms in total. The van der Waals surface area contributed by atoms with Crippen molar-refractivity contribution in [3.05, 3.63) is 38.7 Å². The predicted octanol–water partition coefficient (Wildman–Crippen LogP) is 3.47. The lowest BCUT2D eigenvalue weighted by Gasteiger charge is -2.23. The van der Waals surface area contributed by atoms with Crippen LogP contribution in [0.15, 0.2) is 21.3 Å². The fourth-order valence-corrected chi connectivity index (χ4v) is 2.44. The Labute approximate surface area is 122 Å². The SMILES string of the molecule is CCN(CC)c1c(C#N)c(=O)oc2cc(C)c(Cl)cc12. The summed E-state index contributed by atoms with van der Waals surface area (Å²) < 4.78 is 5.24. The van der Waals surface area contributed by atoms with Gasteiger partial charge in [-0.25, -0.2) is 4.79 Å². The molecule has 1 heterocycles. The maximum Gasteiger partial charge on any atom is 0.356 e. The second kappa shape index (κ2) is 5.56. The summed E-state index contributed by atoms with van der Waals surface area (Å²) in [5, 5.41) is 10.5. The Hall–Kier alpha value is -1.99. The minimum atomic E-state index is -0.608. The molecule has 0 aliphatic carbocycles. The molecular formula is C15H15ClN2O2. The smallest absolute Gasteiger partial charge is 0.356 e. The van der Waals surface area contributed by atoms with Crippen LogP contribution in [0.5, 0.6) is 0 Å². The number of aryl methyl sites for hydroxylation is 1. The summed E-state index contributed by atoms with van der Waals surface area (Å²) in [5.41, 5.74) is 1.31. The minimum absolute atomic E-state index is 0.0288. The van der Waals surface area contributed by atoms with Crippen molar-refractivity contribution in [2.24, 2.45) is 0 Å². The second-order valence-corrected chi connectivity index (χ2v) is 4.90. The number of fused-ring (bicyclic) bond motifs is 1. The van der Waals surface area contributed by atoms with Gasteiger partial charge in [0, 0.05) is 23.5 Å². The predicted molar refractivity (Wildman–Crippen MR) is 80.5 cm³/mol. The van der Waals surface area contributed by atoms with E-state index < -0.39 is 5.63 Å². The van der Waals surface area contributed by atoms with Crippen LogP contribution >= 0.6 is 11.6 Å². The van der Waals surface area contributed by atoms with E-state index >= 15 is 0 Å². The van der Waals surface area contributed by atoms with Crippen molar-refractivity contribution in [3.63, 3.8) is 0 Å². The maximum atomic E-state index is 12.0. The minimum Gasteiger partial charge on any atom is -0.422 e. The average molecular weight is 291 g/mol. The Balaban J connectivity index is 2.96. The molecule has 2 rings (SSSR count). The van der Waals surface area contributed by atoms with E-state index in [-0.39, 0.29) is 5.56 Å². The van der Waals surface area contributed by atoms with Gasteiger partial charge in [0.1, 0.15) is 11.7 Å². The molecular weight excluding hydrogens is 276 g/mol. The first-order valence-corrected chi connectivity index (χ1v) is 6.83. The Morgan fingerprint density at radius 2 is 2.00 bits per heavy atom. The summed E-state index contributed by atoms with van der Waals surface area (Å²) in [6.07, 6.45) is 0. The molecule has 0 spiro atoms. The van der Waals surface area contributed by atoms with E-state index in [4.69, 9.17) is 16.0 Å². The molecule has 1 aromatic heterocycles. The molecule has 0 unspecified atom stereocenters. The molecule has 0 radical (unpaired) electrons. The van der Waals surface area contributed by atoms with Gasteiger partial charge in [0.05, 0.1) is 5.69 Å². The molecule has 0 N–H and O–H groups in total. The number of hydrogen-bond donors (Lipinski definition) is 0. The molecule has 20 heavy (non-hydrogen) atoms. The van der Waals surface area contributed by atoms with Crippen LogP contribution in [-0.2, 0) is 0 Å². The summed E-state index contributed by atoms with van der Waals surface area (Å²) in [6, 6.07) is 5.43. The molecule has 0 aliphatic heterocycles. The highest BCUT2D eigenvalue weighted by Gasteiger charge is 2.19. The fourth-order valence-electron chi connectivity index (χ4n) is 2.27. The first-order chi connectivity index (χ1) is 9.53. The van der Waals surface area contributed by atoms with Crippen LogP contribution in [-0.4, -0.2) is 13.1 Å². The molecule has 5 heteroatoms. The van der Waals surface area contributed by atoms with Crippen LogP contribution in [0.4, 0.5) is 5.69 Å². The molecule has 0 fully saturated rings. The van der Waals surface area contributed by atoms with E-state index in [1.807, 2.05) is 31.7 Å². The number of nitriles is 1. The highest BCUT2D eigenvalue weighted by molar-refractivity contribution is 6.32. The summed E-state index contributed by atoms with van der Waals surface area (Å²) in [7, 11) is 0. The number of rotatable bonds is 3. The molecule has 0 saturated carbocycles. The van der Waals surface area contributed by atoms with Gasteiger partial charge in [-0.15, -0.1) is 0 Å². The van der Waals surface area contributed by atoms with Gasteiger partial charge in [-0.3, -0.25) is 0 Å². The molecule has 0 aliphatic rings. The normalized spacial score (nSPS) is 10.6. The van der Waals surface area contributed by atoms with E-state index in [2.05, 4.69) is 0 Å². The number of anilines is 1. The third kappa shape index (κ3) is 2.25. The maximum absolute atomic E-state index is 12.0. The number of nitrogens with zero attached hydrogens (tertiary/aromatic N) is 2. The first kappa shape index (κ1) is 14.4. The largest absolute Gasteiger partial charge is 0.422 e. The van der Waals surface area contributed by atoms with Crippen LogP contribution in [0.2, 0.25) is 5.02 Å². The Morgan fingerprint density at radius 1 is 1.35 bits per heavy atom. The van der Waals surface area contributed by atoms with E-state index in [0.717, 1.165) is 5.56 Å². The van der Waals surface area contributed by atoms with Gasteiger partial charge in [-0.2, -0.15) is 5.26 Å². The monoisotopic (exact) mass is 290 g/mol. The highest BCUT2D eigenvalue weighted by Crippen LogP contribution is 2.32. The standard InChI is InChI=1S/C15H15ClN2O2/c1-4-18(5-2)14-10-7-12(16)9(3)6-13(10)20-15(19)11(14)8-17/h6-7H,4-5H2,1-3H3. The van der Waals surface area contributed by atoms with Crippen LogP contribution in [0.1, 0.15) is 25.0 Å². The number of halogens is 1. The summed E-state index contributed by atoms with van der Waals surface area (Å²) in [5.74, 6) is 0. The third-order valence-corrected chi connectivity index (χ3v) is 3.76. The molecule has 0 saturated heterocycles. The molecule has 2 aromatic rings. The van der Waals surface area contributed by atoms with Gasteiger partial charge in [-0.1, -0.05) is 11.6 Å². The van der Waals surface area contributed by atoms with Crippen molar-refractivity contribution < 1.29 is 4.42 Å². The first-order valence-electron chi connectivity index (χ1n) is 6.45. The van der Waals surface area contributed by atoms with Crippen molar-refractivity contribution in [2.45, 2.75) is 20.8 Å². The van der Waals surface area contributed by atoms with Crippen LogP contribution < -0.4 is 10.5 Å². The lowest BCUT2D eigenvalue weighted by Crippen LogP contribution is -2.25. The lowest BCUT2D eigenvalue weighted by atomic mass is 10.1. The van der Waals surface area contributed by atoms with E-state index in [9.17, 15) is 10.1 Å². The Morgan fingerprint density at radius 3 is 2.55 bits per heavy atom. The van der Waals surface area contributed by atoms with Gasteiger partial charge >= 0.3 is 5.63 Å². The van der Waals surface area contributed by atoms with Crippen molar-refractivity contribution in [3.8, 4) is 6.07 Å². The quantitative estimate of drug-likeness (QED) is 0.812. The van der Waals surface area contributed by atoms with E-state index in [0.29, 0.717) is 34.8 Å². The van der Waals surface area contributed by atoms with E-state index in [1.54, 1.807) is 12.1 Å². The Bertz CT molecular complexity index is 755. The summed E-state index contributed by atoms with van der Waals surface area (Å²) in [6.45, 7) is 7.17. The molecule has 0 atom stereocenters. The molecule has 0 bridgehead atoms. The van der Waals surface area contributed by atoms with Gasteiger partial charge < -0.3 is 9.32 Å². The third-order valence-electron chi connectivity index (χ3n) is 3.35. The zero-order valence-electron chi connectivity index (χ0n) is 11.7. The zero-order valence-corrected chi connectivity index (χ0v) is 12.4. The lowest BCUT2D eigenvalue weighted by molar-refractivity contribution is 0.557. The Kier molecular flexibility index (Phi) is 4.01. The van der Waals surface area contributed by atoms with Crippen LogP contribution in [0, 0.1) is 18.3 Å². The zero-order chi connectivity index (χ0) is 14.9. The van der Waals surface area contributed by atoms with E-state index in [1.165, 1.54) is 0 Å². The van der Waals surface area contributed by atoms with Gasteiger partial charge in [-0.05, 0) is 38.5 Å². The highest BCUT2D eigenvalue weighted by atomic mass is 35.5. The number of hydrogen-bond acceptors (Lipinski definition) is 4. The molecule has 104 valence electrons. The van der Waals surface area contributed by atoms with Crippen LogP contribution in [0.3, 0.4) is 0 Å². The van der Waals surface area contributed by atoms with Gasteiger partial charge in [0.25, 0.3) is 0 Å². The average Bonchev–Trinajstić information content (AvgIpc) is 2.42. The topological polar surface area (TPSA) is 57.2 Å². The van der Waals surface area contributed by atoms with Crippen LogP contribution in [0.25, 0.3) is 11.0 Å². The molecule has 0 amide bonds. The van der Waals surface area contributed by atoms with Gasteiger partial charge in [0.15, 0.2) is 5.56 Å². The van der Waals surface area contributed by atoms with Crippen molar-refractivity contribution >= 4 is 28.3 Å².